The topological polar surface area (TPSA) is 43.8 Å². The zero-order chi connectivity index (χ0) is 13.9. The first-order valence-corrected chi connectivity index (χ1v) is 7.75. The van der Waals surface area contributed by atoms with E-state index in [4.69, 9.17) is 5.73 Å². The van der Waals surface area contributed by atoms with E-state index in [-0.39, 0.29) is 5.54 Å². The van der Waals surface area contributed by atoms with Gasteiger partial charge < -0.3 is 5.73 Å². The molecule has 1 fully saturated rings. The molecule has 0 spiro atoms. The lowest BCUT2D eigenvalue weighted by Crippen LogP contribution is -2.39. The van der Waals surface area contributed by atoms with E-state index in [1.807, 2.05) is 17.9 Å². The molecule has 1 aromatic rings. The lowest BCUT2D eigenvalue weighted by molar-refractivity contribution is 0.313. The minimum Gasteiger partial charge on any atom is -0.325 e. The van der Waals surface area contributed by atoms with Gasteiger partial charge in [-0.15, -0.1) is 0 Å². The second-order valence-corrected chi connectivity index (χ2v) is 6.82. The monoisotopic (exact) mass is 263 g/mol. The minimum atomic E-state index is 0.0550. The molecule has 2 rings (SSSR count). The van der Waals surface area contributed by atoms with Gasteiger partial charge in [0, 0.05) is 18.8 Å². The van der Waals surface area contributed by atoms with E-state index in [1.165, 1.54) is 37.7 Å². The molecule has 3 nitrogen and oxygen atoms in total. The summed E-state index contributed by atoms with van der Waals surface area (Å²) in [5, 5.41) is 4.23. The van der Waals surface area contributed by atoms with Crippen molar-refractivity contribution in [3.8, 4) is 0 Å². The molecule has 0 radical (unpaired) electrons. The van der Waals surface area contributed by atoms with Crippen LogP contribution in [0.5, 0.6) is 0 Å². The molecule has 2 atom stereocenters. The molecule has 1 aliphatic carbocycles. The molecule has 0 aliphatic heterocycles. The van der Waals surface area contributed by atoms with E-state index >= 15 is 0 Å². The Morgan fingerprint density at radius 2 is 2.21 bits per heavy atom. The quantitative estimate of drug-likeness (QED) is 0.847. The Bertz CT molecular complexity index is 396. The highest BCUT2D eigenvalue weighted by Crippen LogP contribution is 2.34. The molecule has 1 saturated carbocycles. The van der Waals surface area contributed by atoms with Crippen LogP contribution in [0.4, 0.5) is 0 Å². The average molecular weight is 263 g/mol. The van der Waals surface area contributed by atoms with E-state index in [2.05, 4.69) is 25.1 Å². The number of nitrogens with zero attached hydrogens (tertiary/aromatic N) is 2. The Hall–Kier alpha value is -0.830. The lowest BCUT2D eigenvalue weighted by Gasteiger charge is -2.28. The molecule has 1 aromatic heterocycles. The van der Waals surface area contributed by atoms with Gasteiger partial charge >= 0.3 is 0 Å². The van der Waals surface area contributed by atoms with Crippen molar-refractivity contribution in [2.75, 3.05) is 0 Å². The molecular formula is C16H29N3. The predicted molar refractivity (Wildman–Crippen MR) is 79.9 cm³/mol. The van der Waals surface area contributed by atoms with Crippen molar-refractivity contribution >= 4 is 0 Å². The molecular weight excluding hydrogens is 234 g/mol. The zero-order valence-corrected chi connectivity index (χ0v) is 12.7. The van der Waals surface area contributed by atoms with Gasteiger partial charge in [-0.25, -0.2) is 0 Å². The summed E-state index contributed by atoms with van der Waals surface area (Å²) < 4.78 is 1.88. The predicted octanol–water partition coefficient (Wildman–Crippen LogP) is 3.29. The summed E-state index contributed by atoms with van der Waals surface area (Å²) in [6, 6.07) is 0. The third-order valence-electron chi connectivity index (χ3n) is 4.88. The Labute approximate surface area is 117 Å². The Kier molecular flexibility index (Phi) is 4.67. The van der Waals surface area contributed by atoms with Gasteiger partial charge in [0.1, 0.15) is 0 Å². The molecule has 3 heteroatoms. The van der Waals surface area contributed by atoms with Crippen LogP contribution in [0.2, 0.25) is 0 Å². The number of hydrogen-bond acceptors (Lipinski definition) is 2. The van der Waals surface area contributed by atoms with E-state index < -0.39 is 0 Å². The first-order chi connectivity index (χ1) is 8.98. The summed E-state index contributed by atoms with van der Waals surface area (Å²) in [5.41, 5.74) is 8.02. The first kappa shape index (κ1) is 14.6. The van der Waals surface area contributed by atoms with Crippen molar-refractivity contribution in [3.63, 3.8) is 0 Å². The first-order valence-electron chi connectivity index (χ1n) is 7.75. The normalized spacial score (nSPS) is 28.6. The van der Waals surface area contributed by atoms with Crippen LogP contribution in [0.25, 0.3) is 0 Å². The van der Waals surface area contributed by atoms with E-state index in [1.54, 1.807) is 0 Å². The second kappa shape index (κ2) is 6.08. The number of aromatic nitrogens is 2. The van der Waals surface area contributed by atoms with Crippen LogP contribution < -0.4 is 5.73 Å². The van der Waals surface area contributed by atoms with Gasteiger partial charge in [0.25, 0.3) is 0 Å². The van der Waals surface area contributed by atoms with Crippen molar-refractivity contribution in [2.24, 2.45) is 24.6 Å². The summed E-state index contributed by atoms with van der Waals surface area (Å²) in [4.78, 5) is 0. The lowest BCUT2D eigenvalue weighted by atomic mass is 9.84. The number of hydrogen-bond donors (Lipinski definition) is 1. The molecule has 1 heterocycles. The van der Waals surface area contributed by atoms with Crippen LogP contribution in [-0.2, 0) is 13.5 Å². The van der Waals surface area contributed by atoms with Crippen molar-refractivity contribution in [2.45, 2.75) is 64.3 Å². The van der Waals surface area contributed by atoms with Gasteiger partial charge in [0.2, 0.25) is 0 Å². The van der Waals surface area contributed by atoms with Crippen molar-refractivity contribution in [1.82, 2.24) is 9.78 Å². The van der Waals surface area contributed by atoms with Crippen LogP contribution in [0.3, 0.4) is 0 Å². The fourth-order valence-corrected chi connectivity index (χ4v) is 3.37. The van der Waals surface area contributed by atoms with E-state index in [0.717, 1.165) is 24.7 Å². The maximum Gasteiger partial charge on any atom is 0.0521 e. The van der Waals surface area contributed by atoms with Gasteiger partial charge in [0.15, 0.2) is 0 Å². The van der Waals surface area contributed by atoms with Gasteiger partial charge in [-0.1, -0.05) is 26.7 Å². The van der Waals surface area contributed by atoms with Crippen LogP contribution in [0, 0.1) is 11.8 Å². The number of nitrogens with two attached hydrogens (primary N) is 1. The summed E-state index contributed by atoms with van der Waals surface area (Å²) in [7, 11) is 1.97. The van der Waals surface area contributed by atoms with Crippen molar-refractivity contribution < 1.29 is 0 Å². The smallest absolute Gasteiger partial charge is 0.0521 e. The molecule has 108 valence electrons. The third-order valence-corrected chi connectivity index (χ3v) is 4.88. The van der Waals surface area contributed by atoms with Gasteiger partial charge in [-0.2, -0.15) is 5.10 Å². The second-order valence-electron chi connectivity index (χ2n) is 6.82. The Morgan fingerprint density at radius 3 is 2.84 bits per heavy atom. The zero-order valence-electron chi connectivity index (χ0n) is 12.7. The molecule has 0 amide bonds. The Morgan fingerprint density at radius 1 is 1.42 bits per heavy atom. The van der Waals surface area contributed by atoms with Gasteiger partial charge in [0.05, 0.1) is 6.20 Å². The van der Waals surface area contributed by atoms with Crippen LogP contribution in [0.1, 0.15) is 57.9 Å². The third kappa shape index (κ3) is 4.07. The number of aryl methyl sites for hydroxylation is 2. The molecule has 0 bridgehead atoms. The van der Waals surface area contributed by atoms with E-state index in [9.17, 15) is 0 Å². The largest absolute Gasteiger partial charge is 0.325 e. The Balaban J connectivity index is 1.88. The fraction of sp³-hybridized carbons (Fsp3) is 0.812. The molecule has 2 N–H and O–H groups in total. The standard InChI is InChI=1S/C16H29N3/c1-13(2)15-5-4-8-16(17,10-7-15)9-6-14-11-18-19(3)12-14/h11-13,15H,4-10,17H2,1-3H3. The number of rotatable bonds is 4. The molecule has 19 heavy (non-hydrogen) atoms. The van der Waals surface area contributed by atoms with Crippen molar-refractivity contribution in [1.29, 1.82) is 0 Å². The van der Waals surface area contributed by atoms with Crippen molar-refractivity contribution in [3.05, 3.63) is 18.0 Å². The summed E-state index contributed by atoms with van der Waals surface area (Å²) >= 11 is 0. The highest BCUT2D eigenvalue weighted by atomic mass is 15.2. The summed E-state index contributed by atoms with van der Waals surface area (Å²) in [6.45, 7) is 4.70. The van der Waals surface area contributed by atoms with Gasteiger partial charge in [-0.05, 0) is 49.5 Å². The molecule has 2 unspecified atom stereocenters. The average Bonchev–Trinajstić information content (AvgIpc) is 2.66. The molecule has 1 aliphatic rings. The maximum absolute atomic E-state index is 6.65. The van der Waals surface area contributed by atoms with Crippen LogP contribution >= 0.6 is 0 Å². The summed E-state index contributed by atoms with van der Waals surface area (Å²) in [6.07, 6.45) is 12.6. The highest BCUT2D eigenvalue weighted by Gasteiger charge is 2.29. The molecule has 0 aromatic carbocycles. The fourth-order valence-electron chi connectivity index (χ4n) is 3.37. The highest BCUT2D eigenvalue weighted by molar-refractivity contribution is 5.05. The maximum atomic E-state index is 6.65. The SMILES string of the molecule is CC(C)C1CCCC(N)(CCc2cnn(C)c2)CC1. The summed E-state index contributed by atoms with van der Waals surface area (Å²) in [5.74, 6) is 1.68. The van der Waals surface area contributed by atoms with Crippen LogP contribution in [0.15, 0.2) is 12.4 Å². The molecule has 0 saturated heterocycles. The van der Waals surface area contributed by atoms with Crippen LogP contribution in [-0.4, -0.2) is 15.3 Å². The van der Waals surface area contributed by atoms with Gasteiger partial charge in [-0.3, -0.25) is 4.68 Å². The minimum absolute atomic E-state index is 0.0550. The van der Waals surface area contributed by atoms with E-state index in [0.29, 0.717) is 0 Å².